The van der Waals surface area contributed by atoms with Gasteiger partial charge in [0.05, 0.1) is 45.0 Å². The van der Waals surface area contributed by atoms with Gasteiger partial charge in [0.1, 0.15) is 0 Å². The van der Waals surface area contributed by atoms with E-state index in [2.05, 4.69) is 120 Å². The molecule has 0 aliphatic carbocycles. The molecule has 0 fully saturated rings. The number of fused-ring (bicyclic) bond motifs is 6. The summed E-state index contributed by atoms with van der Waals surface area (Å²) in [6.45, 7) is 5.95. The summed E-state index contributed by atoms with van der Waals surface area (Å²) in [6, 6.07) is 64.1. The van der Waals surface area contributed by atoms with Crippen LogP contribution < -0.4 is 0 Å². The summed E-state index contributed by atoms with van der Waals surface area (Å²) in [5, 5.41) is 14.7. The molecule has 312 valence electrons. The van der Waals surface area contributed by atoms with Crippen LogP contribution in [-0.2, 0) is 6.18 Å². The van der Waals surface area contributed by atoms with Crippen molar-refractivity contribution < 1.29 is 13.2 Å². The van der Waals surface area contributed by atoms with Crippen molar-refractivity contribution in [1.82, 2.24) is 9.13 Å². The van der Waals surface area contributed by atoms with Gasteiger partial charge >= 0.3 is 6.18 Å². The predicted molar refractivity (Wildman–Crippen MR) is 261 cm³/mol. The van der Waals surface area contributed by atoms with Crippen molar-refractivity contribution in [2.45, 2.75) is 26.9 Å². The van der Waals surface area contributed by atoms with E-state index in [0.717, 1.165) is 83.3 Å². The first-order valence-corrected chi connectivity index (χ1v) is 21.6. The zero-order valence-electron chi connectivity index (χ0n) is 35.9. The van der Waals surface area contributed by atoms with E-state index in [0.29, 0.717) is 27.8 Å². The molecule has 2 heterocycles. The maximum Gasteiger partial charge on any atom is 0.417 e. The van der Waals surface area contributed by atoms with Crippen LogP contribution in [0.5, 0.6) is 0 Å². The van der Waals surface area contributed by atoms with Gasteiger partial charge in [-0.25, -0.2) is 0 Å². The van der Waals surface area contributed by atoms with Crippen molar-refractivity contribution in [2.24, 2.45) is 0 Å². The van der Waals surface area contributed by atoms with Crippen LogP contribution in [0.4, 0.5) is 13.2 Å². The van der Waals surface area contributed by atoms with E-state index in [1.165, 1.54) is 17.2 Å². The molecule has 0 aliphatic rings. The van der Waals surface area contributed by atoms with Gasteiger partial charge in [-0.3, -0.25) is 0 Å². The zero-order chi connectivity index (χ0) is 44.6. The molecule has 0 saturated heterocycles. The van der Waals surface area contributed by atoms with Gasteiger partial charge in [0, 0.05) is 32.8 Å². The molecular weight excluding hydrogens is 808 g/mol. The van der Waals surface area contributed by atoms with Crippen LogP contribution in [0.1, 0.15) is 27.8 Å². The van der Waals surface area contributed by atoms with Gasteiger partial charge in [-0.2, -0.15) is 18.4 Å². The Labute approximate surface area is 374 Å². The lowest BCUT2D eigenvalue weighted by Crippen LogP contribution is -2.09. The summed E-state index contributed by atoms with van der Waals surface area (Å²) in [6.07, 6.45) is -4.63. The average Bonchev–Trinajstić information content (AvgIpc) is 3.83. The summed E-state index contributed by atoms with van der Waals surface area (Å²) in [4.78, 5) is 0. The van der Waals surface area contributed by atoms with Crippen LogP contribution in [0.15, 0.2) is 188 Å². The van der Waals surface area contributed by atoms with E-state index in [9.17, 15) is 5.26 Å². The first-order chi connectivity index (χ1) is 31.6. The number of aryl methyl sites for hydroxylation is 3. The molecule has 0 saturated carbocycles. The van der Waals surface area contributed by atoms with Crippen molar-refractivity contribution in [3.63, 3.8) is 0 Å². The second kappa shape index (κ2) is 15.3. The number of nitrogens with zero attached hydrogens (tertiary/aromatic N) is 3. The average molecular weight is 848 g/mol. The summed E-state index contributed by atoms with van der Waals surface area (Å²) in [5.74, 6) is 0. The maximum absolute atomic E-state index is 15.2. The van der Waals surface area contributed by atoms with E-state index in [4.69, 9.17) is 0 Å². The van der Waals surface area contributed by atoms with Crippen molar-refractivity contribution in [1.29, 1.82) is 5.26 Å². The number of aromatic nitrogens is 2. The van der Waals surface area contributed by atoms with Crippen LogP contribution >= 0.6 is 0 Å². The van der Waals surface area contributed by atoms with Gasteiger partial charge < -0.3 is 9.13 Å². The second-order valence-corrected chi connectivity index (χ2v) is 16.9. The van der Waals surface area contributed by atoms with Crippen LogP contribution in [0.3, 0.4) is 0 Å². The molecule has 0 aliphatic heterocycles. The second-order valence-electron chi connectivity index (χ2n) is 16.9. The van der Waals surface area contributed by atoms with E-state index >= 15 is 13.2 Å². The Morgan fingerprint density at radius 1 is 0.415 bits per heavy atom. The number of nitriles is 1. The van der Waals surface area contributed by atoms with Gasteiger partial charge in [-0.05, 0) is 149 Å². The van der Waals surface area contributed by atoms with Gasteiger partial charge in [0.2, 0.25) is 0 Å². The standard InChI is InChI=1S/C59H40F3N3/c1-36-13-4-6-16-43(36)40-24-29-55-50(32-40)45-18-8-10-21-53(45)64(55)42-26-27-47(58-38(3)15-12-20-52(58)59(60,61)62)48(34-42)49-31-39(35-63)23-28-56(49)65-54-22-11-9-19-46(54)51-33-41(25-30-57(51)65)44-17-7-5-14-37(44)2/h4-34H,1-3H3. The number of halogens is 3. The number of benzene rings is 9. The number of para-hydroxylation sites is 2. The summed E-state index contributed by atoms with van der Waals surface area (Å²) >= 11 is 0. The van der Waals surface area contributed by atoms with Crippen molar-refractivity contribution in [3.05, 3.63) is 216 Å². The van der Waals surface area contributed by atoms with E-state index in [1.54, 1.807) is 19.1 Å². The lowest BCUT2D eigenvalue weighted by atomic mass is 9.87. The summed E-state index contributed by atoms with van der Waals surface area (Å²) in [7, 11) is 0. The number of rotatable bonds is 6. The molecule has 6 heteroatoms. The quantitative estimate of drug-likeness (QED) is 0.164. The first kappa shape index (κ1) is 39.7. The Morgan fingerprint density at radius 2 is 0.954 bits per heavy atom. The fraction of sp³-hybridized carbons (Fsp3) is 0.0678. The van der Waals surface area contributed by atoms with E-state index in [-0.39, 0.29) is 5.56 Å². The largest absolute Gasteiger partial charge is 0.417 e. The third kappa shape index (κ3) is 6.50. The minimum atomic E-state index is -4.63. The molecular formula is C59H40F3N3. The number of hydrogen-bond acceptors (Lipinski definition) is 1. The minimum Gasteiger partial charge on any atom is -0.309 e. The molecule has 65 heavy (non-hydrogen) atoms. The Bertz CT molecular complexity index is 3760. The molecule has 0 N–H and O–H groups in total. The Morgan fingerprint density at radius 3 is 1.55 bits per heavy atom. The van der Waals surface area contributed by atoms with Crippen LogP contribution in [0.25, 0.3) is 99.5 Å². The molecule has 0 atom stereocenters. The van der Waals surface area contributed by atoms with E-state index < -0.39 is 11.7 Å². The Hall–Kier alpha value is -8.14. The SMILES string of the molecule is Cc1ccccc1-c1ccc2c(c1)c1ccccc1n2-c1ccc(-c2c(C)cccc2C(F)(F)F)c(-c2cc(C#N)ccc2-n2c3ccccc3c3cc(-c4ccccc4C)ccc32)c1. The molecule has 2 aromatic heterocycles. The van der Waals surface area contributed by atoms with Gasteiger partial charge in [0.15, 0.2) is 0 Å². The maximum atomic E-state index is 15.2. The van der Waals surface area contributed by atoms with Gasteiger partial charge in [-0.15, -0.1) is 0 Å². The Balaban J connectivity index is 1.22. The molecule has 0 spiro atoms. The number of alkyl halides is 3. The third-order valence-corrected chi connectivity index (χ3v) is 13.0. The molecule has 0 amide bonds. The molecule has 0 bridgehead atoms. The van der Waals surface area contributed by atoms with Crippen LogP contribution in [-0.4, -0.2) is 9.13 Å². The van der Waals surface area contributed by atoms with Crippen molar-refractivity contribution in [2.75, 3.05) is 0 Å². The normalized spacial score (nSPS) is 11.8. The molecule has 11 aromatic rings. The molecule has 9 aromatic carbocycles. The molecule has 0 unspecified atom stereocenters. The highest BCUT2D eigenvalue weighted by molar-refractivity contribution is 6.12. The Kier molecular flexibility index (Phi) is 9.34. The summed E-state index contributed by atoms with van der Waals surface area (Å²) in [5.41, 5.74) is 14.0. The fourth-order valence-electron chi connectivity index (χ4n) is 10.0. The highest BCUT2D eigenvalue weighted by Gasteiger charge is 2.35. The monoisotopic (exact) mass is 847 g/mol. The summed E-state index contributed by atoms with van der Waals surface area (Å²) < 4.78 is 49.9. The molecule has 3 nitrogen and oxygen atoms in total. The van der Waals surface area contributed by atoms with Crippen molar-refractivity contribution >= 4 is 43.6 Å². The first-order valence-electron chi connectivity index (χ1n) is 21.6. The predicted octanol–water partition coefficient (Wildman–Crippen LogP) is 16.4. The minimum absolute atomic E-state index is 0.102. The molecule has 11 rings (SSSR count). The molecule has 0 radical (unpaired) electrons. The lowest BCUT2D eigenvalue weighted by molar-refractivity contribution is -0.137. The smallest absolute Gasteiger partial charge is 0.309 e. The van der Waals surface area contributed by atoms with Gasteiger partial charge in [0.25, 0.3) is 0 Å². The zero-order valence-corrected chi connectivity index (χ0v) is 35.9. The van der Waals surface area contributed by atoms with Crippen LogP contribution in [0.2, 0.25) is 0 Å². The highest BCUT2D eigenvalue weighted by Crippen LogP contribution is 2.47. The highest BCUT2D eigenvalue weighted by atomic mass is 19.4. The third-order valence-electron chi connectivity index (χ3n) is 13.0. The van der Waals surface area contributed by atoms with Crippen molar-refractivity contribution in [3.8, 4) is 62.0 Å². The van der Waals surface area contributed by atoms with Gasteiger partial charge in [-0.1, -0.05) is 115 Å². The van der Waals surface area contributed by atoms with Crippen LogP contribution in [0, 0.1) is 32.1 Å². The van der Waals surface area contributed by atoms with E-state index in [1.807, 2.05) is 72.8 Å². The number of hydrogen-bond donors (Lipinski definition) is 0. The fourth-order valence-corrected chi connectivity index (χ4v) is 10.0. The topological polar surface area (TPSA) is 33.6 Å². The lowest BCUT2D eigenvalue weighted by Gasteiger charge is -2.22.